The molecular weight excluding hydrogens is 474 g/mol. The fraction of sp³-hybridized carbons (Fsp3) is 0.280. The molecule has 1 amide bonds. The Morgan fingerprint density at radius 1 is 1.00 bits per heavy atom. The molecule has 1 aliphatic heterocycles. The number of aliphatic hydroxyl groups is 1. The summed E-state index contributed by atoms with van der Waals surface area (Å²) >= 11 is 3.41. The number of halogens is 1. The molecule has 1 aliphatic carbocycles. The van der Waals surface area contributed by atoms with Crippen LogP contribution < -0.4 is 0 Å². The predicted molar refractivity (Wildman–Crippen MR) is 122 cm³/mol. The third-order valence-electron chi connectivity index (χ3n) is 6.37. The Morgan fingerprint density at radius 2 is 1.72 bits per heavy atom. The third kappa shape index (κ3) is 3.50. The van der Waals surface area contributed by atoms with Crippen molar-refractivity contribution in [2.24, 2.45) is 0 Å². The number of phenolic OH excluding ortho intramolecular Hbond substituents is 1. The van der Waals surface area contributed by atoms with Crippen molar-refractivity contribution in [3.05, 3.63) is 75.7 Å². The van der Waals surface area contributed by atoms with Crippen molar-refractivity contribution in [1.29, 1.82) is 0 Å². The number of ketones is 1. The number of aromatic hydroxyl groups is 1. The molecule has 1 saturated carbocycles. The van der Waals surface area contributed by atoms with Gasteiger partial charge in [0.1, 0.15) is 11.3 Å². The first-order valence-corrected chi connectivity index (χ1v) is 11.5. The van der Waals surface area contributed by atoms with Gasteiger partial charge in [0.15, 0.2) is 11.5 Å². The highest BCUT2D eigenvalue weighted by atomic mass is 79.9. The summed E-state index contributed by atoms with van der Waals surface area (Å²) in [6.07, 6.45) is 4.77. The zero-order chi connectivity index (χ0) is 22.4. The molecule has 1 atom stereocenters. The fourth-order valence-electron chi connectivity index (χ4n) is 4.83. The summed E-state index contributed by atoms with van der Waals surface area (Å²) in [5.74, 6) is -1.41. The average molecular weight is 496 g/mol. The molecule has 1 fully saturated rings. The van der Waals surface area contributed by atoms with Crippen LogP contribution in [0.15, 0.2) is 68.8 Å². The first-order chi connectivity index (χ1) is 15.4. The van der Waals surface area contributed by atoms with Crippen LogP contribution in [0.1, 0.15) is 54.3 Å². The molecule has 1 unspecified atom stereocenters. The van der Waals surface area contributed by atoms with E-state index in [0.717, 1.165) is 42.0 Å². The highest BCUT2D eigenvalue weighted by Crippen LogP contribution is 2.43. The zero-order valence-corrected chi connectivity index (χ0v) is 18.8. The lowest BCUT2D eigenvalue weighted by Crippen LogP contribution is -2.41. The van der Waals surface area contributed by atoms with Crippen LogP contribution in [0, 0.1) is 0 Å². The predicted octanol–water partition coefficient (Wildman–Crippen LogP) is 5.81. The molecule has 5 rings (SSSR count). The number of Topliss-reactive ketones (excluding diaryl/α,β-unsaturated/α-hetero) is 1. The van der Waals surface area contributed by atoms with Gasteiger partial charge in [-0.3, -0.25) is 9.59 Å². The molecule has 0 radical (unpaired) electrons. The number of rotatable bonds is 4. The summed E-state index contributed by atoms with van der Waals surface area (Å²) in [7, 11) is 0. The van der Waals surface area contributed by atoms with E-state index >= 15 is 0 Å². The molecule has 2 aliphatic rings. The second-order valence-corrected chi connectivity index (χ2v) is 9.30. The molecule has 0 saturated heterocycles. The lowest BCUT2D eigenvalue weighted by atomic mass is 9.90. The van der Waals surface area contributed by atoms with Crippen molar-refractivity contribution in [3.63, 3.8) is 0 Å². The summed E-state index contributed by atoms with van der Waals surface area (Å²) in [5.41, 5.74) is 1.23. The highest BCUT2D eigenvalue weighted by Gasteiger charge is 2.47. The van der Waals surface area contributed by atoms with Crippen molar-refractivity contribution in [2.75, 3.05) is 0 Å². The van der Waals surface area contributed by atoms with Gasteiger partial charge in [0.2, 0.25) is 5.78 Å². The second kappa shape index (κ2) is 8.13. The van der Waals surface area contributed by atoms with E-state index in [1.54, 1.807) is 29.2 Å². The molecule has 2 aromatic carbocycles. The Balaban J connectivity index is 1.60. The van der Waals surface area contributed by atoms with Crippen LogP contribution >= 0.6 is 15.9 Å². The molecule has 1 aromatic heterocycles. The van der Waals surface area contributed by atoms with Crippen LogP contribution in [0.2, 0.25) is 0 Å². The van der Waals surface area contributed by atoms with Gasteiger partial charge in [-0.05, 0) is 54.8 Å². The average Bonchev–Trinajstić information content (AvgIpc) is 3.33. The number of amides is 1. The number of benzene rings is 2. The maximum atomic E-state index is 13.6. The fourth-order valence-corrected chi connectivity index (χ4v) is 5.21. The second-order valence-electron chi connectivity index (χ2n) is 8.38. The smallest absolute Gasteiger partial charge is 0.290 e. The van der Waals surface area contributed by atoms with Gasteiger partial charge < -0.3 is 19.5 Å². The number of hydrogen-bond donors (Lipinski definition) is 2. The highest BCUT2D eigenvalue weighted by molar-refractivity contribution is 9.10. The Morgan fingerprint density at radius 3 is 2.44 bits per heavy atom. The largest absolute Gasteiger partial charge is 0.508 e. The molecule has 3 aromatic rings. The number of hydrogen-bond acceptors (Lipinski definition) is 5. The van der Waals surface area contributed by atoms with E-state index in [9.17, 15) is 19.8 Å². The van der Waals surface area contributed by atoms with Gasteiger partial charge in [0.05, 0.1) is 11.6 Å². The Hall–Kier alpha value is -3.06. The first-order valence-electron chi connectivity index (χ1n) is 10.7. The monoisotopic (exact) mass is 495 g/mol. The van der Waals surface area contributed by atoms with Gasteiger partial charge in [-0.2, -0.15) is 0 Å². The lowest BCUT2D eigenvalue weighted by molar-refractivity contribution is -0.132. The van der Waals surface area contributed by atoms with E-state index in [-0.39, 0.29) is 23.1 Å². The van der Waals surface area contributed by atoms with E-state index in [4.69, 9.17) is 4.42 Å². The Bertz CT molecular complexity index is 1240. The quantitative estimate of drug-likeness (QED) is 0.445. The summed E-state index contributed by atoms with van der Waals surface area (Å²) in [6.45, 7) is 0. The maximum Gasteiger partial charge on any atom is 0.290 e. The zero-order valence-electron chi connectivity index (χ0n) is 17.3. The van der Waals surface area contributed by atoms with Gasteiger partial charge in [0.25, 0.3) is 5.91 Å². The molecule has 2 heterocycles. The standard InChI is InChI=1S/C25H22BrNO5/c26-16-8-11-19-15(12-16)13-20(32-19)23(29)21-22(14-6-9-18(28)10-7-14)27(25(31)24(21)30)17-4-2-1-3-5-17/h6-13,17,22,28,30H,1-5H2. The van der Waals surface area contributed by atoms with Gasteiger partial charge in [-0.15, -0.1) is 0 Å². The van der Waals surface area contributed by atoms with Crippen molar-refractivity contribution in [3.8, 4) is 5.75 Å². The normalized spacial score (nSPS) is 19.8. The van der Waals surface area contributed by atoms with Crippen molar-refractivity contribution in [1.82, 2.24) is 4.90 Å². The summed E-state index contributed by atoms with van der Waals surface area (Å²) in [5, 5.41) is 21.4. The van der Waals surface area contributed by atoms with Crippen molar-refractivity contribution in [2.45, 2.75) is 44.2 Å². The SMILES string of the molecule is O=C(C1=C(O)C(=O)N(C2CCCCC2)C1c1ccc(O)cc1)c1cc2cc(Br)ccc2o1. The minimum Gasteiger partial charge on any atom is -0.508 e. The van der Waals surface area contributed by atoms with Crippen LogP contribution in [-0.4, -0.2) is 32.8 Å². The van der Waals surface area contributed by atoms with Crippen molar-refractivity contribution < 1.29 is 24.2 Å². The molecule has 0 spiro atoms. The maximum absolute atomic E-state index is 13.6. The first kappa shape index (κ1) is 20.8. The van der Waals surface area contributed by atoms with Crippen LogP contribution in [-0.2, 0) is 4.79 Å². The molecule has 32 heavy (non-hydrogen) atoms. The number of phenols is 1. The number of carbonyl (C=O) groups is 2. The number of fused-ring (bicyclic) bond motifs is 1. The van der Waals surface area contributed by atoms with Crippen LogP contribution in [0.25, 0.3) is 11.0 Å². The Labute approximate surface area is 193 Å². The van der Waals surface area contributed by atoms with E-state index in [0.29, 0.717) is 11.1 Å². The number of aliphatic hydroxyl groups excluding tert-OH is 1. The minimum absolute atomic E-state index is 0.0179. The molecule has 164 valence electrons. The molecule has 2 N–H and O–H groups in total. The van der Waals surface area contributed by atoms with E-state index in [1.807, 2.05) is 12.1 Å². The molecule has 0 bridgehead atoms. The number of carbonyl (C=O) groups excluding carboxylic acids is 2. The van der Waals surface area contributed by atoms with Crippen molar-refractivity contribution >= 4 is 38.6 Å². The molecule has 6 nitrogen and oxygen atoms in total. The van der Waals surface area contributed by atoms with Crippen LogP contribution in [0.5, 0.6) is 5.75 Å². The topological polar surface area (TPSA) is 91.0 Å². The molecular formula is C25H22BrNO5. The van der Waals surface area contributed by atoms with Crippen LogP contribution in [0.3, 0.4) is 0 Å². The lowest BCUT2D eigenvalue weighted by Gasteiger charge is -2.36. The summed E-state index contributed by atoms with van der Waals surface area (Å²) in [4.78, 5) is 28.4. The van der Waals surface area contributed by atoms with E-state index < -0.39 is 23.5 Å². The van der Waals surface area contributed by atoms with Gasteiger partial charge in [-0.25, -0.2) is 0 Å². The summed E-state index contributed by atoms with van der Waals surface area (Å²) < 4.78 is 6.63. The Kier molecular flexibility index (Phi) is 5.29. The van der Waals surface area contributed by atoms with Gasteiger partial charge >= 0.3 is 0 Å². The van der Waals surface area contributed by atoms with Gasteiger partial charge in [-0.1, -0.05) is 47.3 Å². The van der Waals surface area contributed by atoms with Crippen LogP contribution in [0.4, 0.5) is 0 Å². The van der Waals surface area contributed by atoms with E-state index in [2.05, 4.69) is 15.9 Å². The summed E-state index contributed by atoms with van der Waals surface area (Å²) in [6, 6.07) is 12.7. The number of nitrogens with zero attached hydrogens (tertiary/aromatic N) is 1. The molecule has 7 heteroatoms. The van der Waals surface area contributed by atoms with Gasteiger partial charge in [0, 0.05) is 15.9 Å². The number of furan rings is 1. The minimum atomic E-state index is -0.737. The third-order valence-corrected chi connectivity index (χ3v) is 6.86. The van der Waals surface area contributed by atoms with E-state index in [1.165, 1.54) is 12.1 Å².